The molecule has 0 amide bonds. The lowest BCUT2D eigenvalue weighted by Crippen LogP contribution is -2.32. The van der Waals surface area contributed by atoms with Crippen LogP contribution in [0.5, 0.6) is 0 Å². The fraction of sp³-hybridized carbons (Fsp3) is 0.500. The second-order valence-electron chi connectivity index (χ2n) is 6.95. The summed E-state index contributed by atoms with van der Waals surface area (Å²) >= 11 is 0. The number of nitrogens with zero attached hydrogens (tertiary/aromatic N) is 3. The fourth-order valence-electron chi connectivity index (χ4n) is 3.82. The van der Waals surface area contributed by atoms with E-state index >= 15 is 0 Å². The zero-order valence-corrected chi connectivity index (χ0v) is 14.4. The van der Waals surface area contributed by atoms with E-state index in [-0.39, 0.29) is 0 Å². The number of benzene rings is 1. The molecule has 1 atom stereocenters. The van der Waals surface area contributed by atoms with Gasteiger partial charge >= 0.3 is 0 Å². The van der Waals surface area contributed by atoms with Gasteiger partial charge in [0, 0.05) is 49.6 Å². The molecule has 1 aromatic carbocycles. The molecule has 4 rings (SSSR count). The van der Waals surface area contributed by atoms with Gasteiger partial charge in [0.05, 0.1) is 6.61 Å². The predicted octanol–water partition coefficient (Wildman–Crippen LogP) is 2.89. The Balaban J connectivity index is 1.53. The van der Waals surface area contributed by atoms with Crippen molar-refractivity contribution in [2.45, 2.75) is 26.2 Å². The molecule has 2 aliphatic heterocycles. The number of hydrogen-bond donors (Lipinski definition) is 0. The number of aromatic nitrogens is 2. The fourth-order valence-corrected chi connectivity index (χ4v) is 3.82. The predicted molar refractivity (Wildman–Crippen MR) is 95.0 cm³/mol. The van der Waals surface area contributed by atoms with Gasteiger partial charge in [-0.1, -0.05) is 30.3 Å². The van der Waals surface area contributed by atoms with E-state index in [0.717, 1.165) is 62.8 Å². The molecular formula is C20H25N3O. The Kier molecular flexibility index (Phi) is 4.58. The Morgan fingerprint density at radius 1 is 1.12 bits per heavy atom. The Hall–Kier alpha value is -1.78. The standard InChI is InChI=1S/C20H25N3O/c1-15-18-7-10-23(13-16-9-12-24-14-16)11-8-19(18)22-20(21-15)17-5-3-2-4-6-17/h2-6,16H,7-14H2,1H3/t16-/m0/s1. The summed E-state index contributed by atoms with van der Waals surface area (Å²) in [6.07, 6.45) is 3.29. The first-order valence-corrected chi connectivity index (χ1v) is 9.01. The average molecular weight is 323 g/mol. The third kappa shape index (κ3) is 3.35. The highest BCUT2D eigenvalue weighted by Gasteiger charge is 2.23. The minimum Gasteiger partial charge on any atom is -0.381 e. The molecule has 1 fully saturated rings. The summed E-state index contributed by atoms with van der Waals surface area (Å²) in [6, 6.07) is 10.3. The lowest BCUT2D eigenvalue weighted by atomic mass is 10.1. The van der Waals surface area contributed by atoms with Crippen molar-refractivity contribution in [2.24, 2.45) is 5.92 Å². The molecule has 2 aromatic rings. The zero-order chi connectivity index (χ0) is 16.4. The van der Waals surface area contributed by atoms with Crippen LogP contribution >= 0.6 is 0 Å². The van der Waals surface area contributed by atoms with E-state index in [1.165, 1.54) is 17.7 Å². The van der Waals surface area contributed by atoms with Crippen molar-refractivity contribution in [1.29, 1.82) is 0 Å². The van der Waals surface area contributed by atoms with Crippen molar-refractivity contribution in [3.8, 4) is 11.4 Å². The quantitative estimate of drug-likeness (QED) is 0.870. The number of aryl methyl sites for hydroxylation is 1. The third-order valence-corrected chi connectivity index (χ3v) is 5.21. The lowest BCUT2D eigenvalue weighted by Gasteiger charge is -2.22. The van der Waals surface area contributed by atoms with E-state index in [0.29, 0.717) is 5.92 Å². The maximum Gasteiger partial charge on any atom is 0.159 e. The second kappa shape index (κ2) is 6.99. The molecule has 0 N–H and O–H groups in total. The molecule has 3 heterocycles. The summed E-state index contributed by atoms with van der Waals surface area (Å²) in [7, 11) is 0. The molecule has 24 heavy (non-hydrogen) atoms. The van der Waals surface area contributed by atoms with Gasteiger partial charge in [-0.3, -0.25) is 0 Å². The summed E-state index contributed by atoms with van der Waals surface area (Å²) in [5.74, 6) is 1.57. The molecule has 0 saturated carbocycles. The minimum atomic E-state index is 0.707. The highest BCUT2D eigenvalue weighted by atomic mass is 16.5. The summed E-state index contributed by atoms with van der Waals surface area (Å²) in [5, 5.41) is 0. The molecule has 0 bridgehead atoms. The molecule has 126 valence electrons. The van der Waals surface area contributed by atoms with Crippen molar-refractivity contribution in [3.63, 3.8) is 0 Å². The molecule has 4 heteroatoms. The Bertz CT molecular complexity index is 696. The van der Waals surface area contributed by atoms with Crippen molar-refractivity contribution in [3.05, 3.63) is 47.3 Å². The van der Waals surface area contributed by atoms with E-state index in [1.807, 2.05) is 18.2 Å². The molecule has 1 aromatic heterocycles. The van der Waals surface area contributed by atoms with Crippen molar-refractivity contribution >= 4 is 0 Å². The summed E-state index contributed by atoms with van der Waals surface area (Å²) in [5.41, 5.74) is 4.85. The lowest BCUT2D eigenvalue weighted by molar-refractivity contribution is 0.168. The SMILES string of the molecule is Cc1nc(-c2ccccc2)nc2c1CCN(C[C@@H]1CCOC1)CC2. The van der Waals surface area contributed by atoms with E-state index in [9.17, 15) is 0 Å². The van der Waals surface area contributed by atoms with Gasteiger partial charge in [0.2, 0.25) is 0 Å². The van der Waals surface area contributed by atoms with E-state index < -0.39 is 0 Å². The number of hydrogen-bond acceptors (Lipinski definition) is 4. The molecule has 4 nitrogen and oxygen atoms in total. The first kappa shape index (κ1) is 15.7. The zero-order valence-electron chi connectivity index (χ0n) is 14.4. The topological polar surface area (TPSA) is 38.2 Å². The van der Waals surface area contributed by atoms with E-state index in [1.54, 1.807) is 0 Å². The van der Waals surface area contributed by atoms with E-state index in [4.69, 9.17) is 14.7 Å². The van der Waals surface area contributed by atoms with Crippen LogP contribution < -0.4 is 0 Å². The molecule has 0 spiro atoms. The first-order valence-electron chi connectivity index (χ1n) is 9.01. The van der Waals surface area contributed by atoms with Gasteiger partial charge in [-0.25, -0.2) is 9.97 Å². The number of ether oxygens (including phenoxy) is 1. The van der Waals surface area contributed by atoms with Gasteiger partial charge in [-0.2, -0.15) is 0 Å². The molecule has 2 aliphatic rings. The van der Waals surface area contributed by atoms with Crippen LogP contribution in [0, 0.1) is 12.8 Å². The van der Waals surface area contributed by atoms with Crippen molar-refractivity contribution < 1.29 is 4.74 Å². The van der Waals surface area contributed by atoms with Crippen LogP contribution in [-0.2, 0) is 17.6 Å². The molecular weight excluding hydrogens is 298 g/mol. The normalized spacial score (nSPS) is 21.5. The Labute approximate surface area is 143 Å². The van der Waals surface area contributed by atoms with Crippen molar-refractivity contribution in [2.75, 3.05) is 32.8 Å². The maximum absolute atomic E-state index is 5.53. The second-order valence-corrected chi connectivity index (χ2v) is 6.95. The average Bonchev–Trinajstić information content (AvgIpc) is 3.03. The van der Waals surface area contributed by atoms with Crippen LogP contribution in [0.25, 0.3) is 11.4 Å². The molecule has 0 radical (unpaired) electrons. The van der Waals surface area contributed by atoms with Gasteiger partial charge in [0.15, 0.2) is 5.82 Å². The molecule has 0 aliphatic carbocycles. The Morgan fingerprint density at radius 2 is 1.96 bits per heavy atom. The van der Waals surface area contributed by atoms with Crippen molar-refractivity contribution in [1.82, 2.24) is 14.9 Å². The van der Waals surface area contributed by atoms with Crippen LogP contribution in [0.2, 0.25) is 0 Å². The largest absolute Gasteiger partial charge is 0.381 e. The highest BCUT2D eigenvalue weighted by molar-refractivity contribution is 5.55. The van der Waals surface area contributed by atoms with Gasteiger partial charge in [0.25, 0.3) is 0 Å². The smallest absolute Gasteiger partial charge is 0.159 e. The van der Waals surface area contributed by atoms with Gasteiger partial charge in [-0.05, 0) is 31.2 Å². The van der Waals surface area contributed by atoms with Crippen LogP contribution in [0.1, 0.15) is 23.4 Å². The monoisotopic (exact) mass is 323 g/mol. The summed E-state index contributed by atoms with van der Waals surface area (Å²) < 4.78 is 5.53. The minimum absolute atomic E-state index is 0.707. The maximum atomic E-state index is 5.53. The van der Waals surface area contributed by atoms with Gasteiger partial charge in [-0.15, -0.1) is 0 Å². The van der Waals surface area contributed by atoms with E-state index in [2.05, 4.69) is 24.0 Å². The van der Waals surface area contributed by atoms with Gasteiger partial charge in [0.1, 0.15) is 0 Å². The number of rotatable bonds is 3. The highest BCUT2D eigenvalue weighted by Crippen LogP contribution is 2.23. The van der Waals surface area contributed by atoms with Crippen LogP contribution in [0.15, 0.2) is 30.3 Å². The Morgan fingerprint density at radius 3 is 2.75 bits per heavy atom. The number of fused-ring (bicyclic) bond motifs is 1. The van der Waals surface area contributed by atoms with Crippen LogP contribution in [0.4, 0.5) is 0 Å². The molecule has 1 saturated heterocycles. The third-order valence-electron chi connectivity index (χ3n) is 5.21. The van der Waals surface area contributed by atoms with Gasteiger partial charge < -0.3 is 9.64 Å². The first-order chi connectivity index (χ1) is 11.8. The van der Waals surface area contributed by atoms with Crippen LogP contribution in [-0.4, -0.2) is 47.7 Å². The summed E-state index contributed by atoms with van der Waals surface area (Å²) in [6.45, 7) is 7.36. The summed E-state index contributed by atoms with van der Waals surface area (Å²) in [4.78, 5) is 12.3. The molecule has 0 unspecified atom stereocenters. The van der Waals surface area contributed by atoms with Crippen LogP contribution in [0.3, 0.4) is 0 Å².